The molecule has 2 aromatic rings. The summed E-state index contributed by atoms with van der Waals surface area (Å²) < 4.78 is 37.6. The van der Waals surface area contributed by atoms with Gasteiger partial charge < -0.3 is 10.1 Å². The van der Waals surface area contributed by atoms with E-state index in [0.29, 0.717) is 0 Å². The maximum atomic E-state index is 12.5. The number of nitrogens with zero attached hydrogens (tertiary/aromatic N) is 1. The zero-order chi connectivity index (χ0) is 11.9. The van der Waals surface area contributed by atoms with Crippen LogP contribution in [-0.2, 0) is 6.18 Å². The van der Waals surface area contributed by atoms with Gasteiger partial charge in [-0.25, -0.2) is 4.98 Å². The summed E-state index contributed by atoms with van der Waals surface area (Å²) in [5.74, 6) is -0.452. The van der Waals surface area contributed by atoms with E-state index in [-0.39, 0.29) is 10.9 Å². The maximum absolute atomic E-state index is 12.5. The third-order valence-electron chi connectivity index (χ3n) is 2.14. The number of nitro groups is 1. The third kappa shape index (κ3) is 1.60. The smallest absolute Gasteiger partial charge is 0.358 e. The highest BCUT2D eigenvalue weighted by atomic mass is 19.4. The van der Waals surface area contributed by atoms with Crippen LogP contribution in [0.15, 0.2) is 24.3 Å². The Morgan fingerprint density at radius 2 is 2.00 bits per heavy atom. The number of nitrogens with one attached hydrogen (secondary N) is 1. The fraction of sp³-hybridized carbons (Fsp3) is 0.111. The van der Waals surface area contributed by atoms with Gasteiger partial charge in [-0.1, -0.05) is 12.1 Å². The van der Waals surface area contributed by atoms with Gasteiger partial charge in [0.1, 0.15) is 11.1 Å². The van der Waals surface area contributed by atoms with Gasteiger partial charge in [0.15, 0.2) is 0 Å². The van der Waals surface area contributed by atoms with Crippen molar-refractivity contribution in [3.63, 3.8) is 0 Å². The molecule has 0 aliphatic heterocycles. The minimum Gasteiger partial charge on any atom is -0.358 e. The second-order valence-corrected chi connectivity index (χ2v) is 3.18. The van der Waals surface area contributed by atoms with E-state index in [0.717, 1.165) is 12.1 Å². The van der Waals surface area contributed by atoms with Crippen LogP contribution in [0.2, 0.25) is 0 Å². The molecule has 0 spiro atoms. The summed E-state index contributed by atoms with van der Waals surface area (Å²) in [6, 6.07) is 4.55. The van der Waals surface area contributed by atoms with E-state index in [4.69, 9.17) is 0 Å². The van der Waals surface area contributed by atoms with Crippen molar-refractivity contribution in [3.05, 3.63) is 39.9 Å². The molecule has 0 bridgehead atoms. The monoisotopic (exact) mass is 230 g/mol. The molecule has 0 radical (unpaired) electrons. The Bertz CT molecular complexity index is 559. The lowest BCUT2D eigenvalue weighted by Crippen LogP contribution is -2.05. The average molecular weight is 230 g/mol. The number of rotatable bonds is 1. The van der Waals surface area contributed by atoms with E-state index in [1.807, 2.05) is 0 Å². The number of aromatic nitrogens is 1. The Morgan fingerprint density at radius 3 is 2.56 bits per heavy atom. The molecule has 16 heavy (non-hydrogen) atoms. The molecule has 1 N–H and O–H groups in total. The van der Waals surface area contributed by atoms with Gasteiger partial charge in [0.05, 0.1) is 0 Å². The molecule has 2 rings (SSSR count). The minimum atomic E-state index is -4.53. The fourth-order valence-electron chi connectivity index (χ4n) is 1.48. The second kappa shape index (κ2) is 3.22. The quantitative estimate of drug-likeness (QED) is 0.604. The molecular weight excluding hydrogens is 225 g/mol. The Hall–Kier alpha value is -2.05. The lowest BCUT2D eigenvalue weighted by atomic mass is 10.1. The van der Waals surface area contributed by atoms with Crippen molar-refractivity contribution in [1.29, 1.82) is 0 Å². The Morgan fingerprint density at radius 1 is 1.31 bits per heavy atom. The Labute approximate surface area is 86.8 Å². The summed E-state index contributed by atoms with van der Waals surface area (Å²) in [4.78, 5) is 11.8. The summed E-state index contributed by atoms with van der Waals surface area (Å²) in [5, 5.41) is 10.6. The molecule has 84 valence electrons. The molecule has 0 amide bonds. The molecule has 0 saturated heterocycles. The zero-order valence-corrected chi connectivity index (χ0v) is 7.71. The van der Waals surface area contributed by atoms with E-state index >= 15 is 0 Å². The summed E-state index contributed by atoms with van der Waals surface area (Å²) in [6.45, 7) is 0. The van der Waals surface area contributed by atoms with Gasteiger partial charge in [-0.05, 0) is 11.0 Å². The van der Waals surface area contributed by atoms with Crippen LogP contribution in [-0.4, -0.2) is 9.91 Å². The maximum Gasteiger partial charge on any atom is 0.420 e. The number of hydrogen-bond donors (Lipinski definition) is 1. The van der Waals surface area contributed by atoms with Crippen molar-refractivity contribution >= 4 is 16.7 Å². The highest BCUT2D eigenvalue weighted by Gasteiger charge is 2.34. The van der Waals surface area contributed by atoms with E-state index < -0.39 is 22.5 Å². The van der Waals surface area contributed by atoms with Crippen LogP contribution in [0.5, 0.6) is 0 Å². The first-order chi connectivity index (χ1) is 7.39. The predicted molar refractivity (Wildman–Crippen MR) is 50.0 cm³/mol. The van der Waals surface area contributed by atoms with Gasteiger partial charge in [0.2, 0.25) is 0 Å². The fourth-order valence-corrected chi connectivity index (χ4v) is 1.48. The molecule has 4 nitrogen and oxygen atoms in total. The molecule has 1 heterocycles. The van der Waals surface area contributed by atoms with Crippen LogP contribution >= 0.6 is 0 Å². The first-order valence-electron chi connectivity index (χ1n) is 4.23. The van der Waals surface area contributed by atoms with Crippen molar-refractivity contribution < 1.29 is 18.1 Å². The van der Waals surface area contributed by atoms with Crippen molar-refractivity contribution in [2.24, 2.45) is 0 Å². The number of benzene rings is 1. The normalized spacial score (nSPS) is 11.9. The van der Waals surface area contributed by atoms with Gasteiger partial charge in [0.25, 0.3) is 0 Å². The third-order valence-corrected chi connectivity index (χ3v) is 2.14. The molecule has 0 saturated carbocycles. The lowest BCUT2D eigenvalue weighted by Gasteiger charge is -2.05. The number of alkyl halides is 3. The predicted octanol–water partition coefficient (Wildman–Crippen LogP) is 3.09. The van der Waals surface area contributed by atoms with E-state index in [9.17, 15) is 23.3 Å². The second-order valence-electron chi connectivity index (χ2n) is 3.18. The van der Waals surface area contributed by atoms with Crippen LogP contribution in [0.4, 0.5) is 19.0 Å². The first kappa shape index (κ1) is 10.5. The van der Waals surface area contributed by atoms with Crippen LogP contribution in [0.3, 0.4) is 0 Å². The molecule has 0 aliphatic carbocycles. The van der Waals surface area contributed by atoms with Crippen LogP contribution < -0.4 is 0 Å². The number of fused-ring (bicyclic) bond motifs is 1. The number of hydrogen-bond acceptors (Lipinski definition) is 2. The highest BCUT2D eigenvalue weighted by molar-refractivity contribution is 5.85. The first-order valence-corrected chi connectivity index (χ1v) is 4.23. The van der Waals surface area contributed by atoms with Crippen molar-refractivity contribution in [2.45, 2.75) is 6.18 Å². The number of halogens is 3. The molecular formula is C9H5F3N2O2. The number of aromatic amines is 1. The van der Waals surface area contributed by atoms with Gasteiger partial charge in [0, 0.05) is 11.5 Å². The topological polar surface area (TPSA) is 58.9 Å². The largest absolute Gasteiger partial charge is 0.420 e. The molecule has 1 aromatic carbocycles. The average Bonchev–Trinajstić information content (AvgIpc) is 2.58. The van der Waals surface area contributed by atoms with Gasteiger partial charge >= 0.3 is 12.0 Å². The molecule has 0 fully saturated rings. The molecule has 0 unspecified atom stereocenters. The Kier molecular flexibility index (Phi) is 2.11. The van der Waals surface area contributed by atoms with Gasteiger partial charge in [-0.2, -0.15) is 13.2 Å². The van der Waals surface area contributed by atoms with Gasteiger partial charge in [-0.15, -0.1) is 0 Å². The molecule has 0 atom stereocenters. The van der Waals surface area contributed by atoms with Crippen LogP contribution in [0.1, 0.15) is 5.56 Å². The number of H-pyrrole nitrogens is 1. The summed E-state index contributed by atoms with van der Waals surface area (Å²) in [5.41, 5.74) is -1.17. The van der Waals surface area contributed by atoms with E-state index in [1.165, 1.54) is 12.1 Å². The standard InChI is InChI=1S/C9H5F3N2O2/c10-9(11,12)6-3-1-2-5-4-7(14(15)16)13-8(5)6/h1-4,13H. The van der Waals surface area contributed by atoms with Crippen LogP contribution in [0, 0.1) is 10.1 Å². The molecule has 7 heteroatoms. The van der Waals surface area contributed by atoms with E-state index in [1.54, 1.807) is 0 Å². The number of para-hydroxylation sites is 1. The van der Waals surface area contributed by atoms with Crippen molar-refractivity contribution in [1.82, 2.24) is 4.98 Å². The van der Waals surface area contributed by atoms with Gasteiger partial charge in [-0.3, -0.25) is 0 Å². The highest BCUT2D eigenvalue weighted by Crippen LogP contribution is 2.35. The Balaban J connectivity index is 2.73. The lowest BCUT2D eigenvalue weighted by molar-refractivity contribution is -0.389. The SMILES string of the molecule is O=[N+]([O-])c1cc2cccc(C(F)(F)F)c2[nH]1. The summed E-state index contributed by atoms with van der Waals surface area (Å²) in [7, 11) is 0. The zero-order valence-electron chi connectivity index (χ0n) is 7.71. The van der Waals surface area contributed by atoms with Crippen molar-refractivity contribution in [3.8, 4) is 0 Å². The minimum absolute atomic E-state index is 0.168. The molecule has 0 aliphatic rings. The van der Waals surface area contributed by atoms with E-state index in [2.05, 4.69) is 4.98 Å². The molecule has 1 aromatic heterocycles. The summed E-state index contributed by atoms with van der Waals surface area (Å²) in [6.07, 6.45) is -4.53. The van der Waals surface area contributed by atoms with Crippen LogP contribution in [0.25, 0.3) is 10.9 Å². The van der Waals surface area contributed by atoms with Crippen molar-refractivity contribution in [2.75, 3.05) is 0 Å². The summed E-state index contributed by atoms with van der Waals surface area (Å²) >= 11 is 0.